The number of rotatable bonds is 6. The van der Waals surface area contributed by atoms with Gasteiger partial charge in [-0.1, -0.05) is 17.3 Å². The monoisotopic (exact) mass is 410 g/mol. The van der Waals surface area contributed by atoms with Crippen molar-refractivity contribution in [2.75, 3.05) is 33.3 Å². The van der Waals surface area contributed by atoms with E-state index in [0.29, 0.717) is 18.3 Å². The summed E-state index contributed by atoms with van der Waals surface area (Å²) in [6.45, 7) is 12.1. The number of nitrogens with zero attached hydrogens (tertiary/aromatic N) is 6. The molecule has 8 heteroatoms. The van der Waals surface area contributed by atoms with Gasteiger partial charge in [-0.05, 0) is 32.9 Å². The van der Waals surface area contributed by atoms with Crippen LogP contribution in [0.25, 0.3) is 11.4 Å². The average molecular weight is 411 g/mol. The number of hydrogen-bond acceptors (Lipinski definition) is 7. The maximum absolute atomic E-state index is 5.50. The number of para-hydroxylation sites is 1. The summed E-state index contributed by atoms with van der Waals surface area (Å²) in [7, 11) is 1.65. The Hall–Kier alpha value is -2.71. The Morgan fingerprint density at radius 3 is 2.40 bits per heavy atom. The second-order valence-corrected chi connectivity index (χ2v) is 8.73. The van der Waals surface area contributed by atoms with Crippen LogP contribution in [0, 0.1) is 0 Å². The standard InChI is InChI=1S/C22H30N6O2/c1-22(2,3)28-15-17(13-23-28)14-26-9-11-27(12-10-26)16-20-24-21(25-30-20)18-7-5-6-8-19(18)29-4/h5-8,13,15H,9-12,14,16H2,1-4H3. The normalized spacial score (nSPS) is 16.1. The van der Waals surface area contributed by atoms with Crippen LogP contribution in [-0.2, 0) is 18.6 Å². The second kappa shape index (κ2) is 8.57. The van der Waals surface area contributed by atoms with Gasteiger partial charge in [0.15, 0.2) is 0 Å². The Balaban J connectivity index is 1.30. The van der Waals surface area contributed by atoms with Crippen molar-refractivity contribution in [1.82, 2.24) is 29.7 Å². The Bertz CT molecular complexity index is 966. The van der Waals surface area contributed by atoms with Crippen molar-refractivity contribution in [3.63, 3.8) is 0 Å². The van der Waals surface area contributed by atoms with Gasteiger partial charge in [0.05, 0.1) is 31.0 Å². The van der Waals surface area contributed by atoms with E-state index in [-0.39, 0.29) is 5.54 Å². The first-order valence-corrected chi connectivity index (χ1v) is 10.4. The summed E-state index contributed by atoms with van der Waals surface area (Å²) in [5.74, 6) is 1.95. The summed E-state index contributed by atoms with van der Waals surface area (Å²) < 4.78 is 12.9. The molecular formula is C22H30N6O2. The molecule has 0 aliphatic carbocycles. The molecule has 0 amide bonds. The maximum Gasteiger partial charge on any atom is 0.241 e. The Kier molecular flexibility index (Phi) is 5.87. The van der Waals surface area contributed by atoms with Crippen molar-refractivity contribution < 1.29 is 9.26 Å². The molecule has 0 bridgehead atoms. The number of aromatic nitrogens is 4. The zero-order valence-corrected chi connectivity index (χ0v) is 18.2. The number of hydrogen-bond donors (Lipinski definition) is 0. The van der Waals surface area contributed by atoms with Gasteiger partial charge in [0, 0.05) is 44.5 Å². The highest BCUT2D eigenvalue weighted by Gasteiger charge is 2.21. The number of ether oxygens (including phenoxy) is 1. The SMILES string of the molecule is COc1ccccc1-c1noc(CN2CCN(Cc3cnn(C(C)(C)C)c3)CC2)n1. The summed E-state index contributed by atoms with van der Waals surface area (Å²) in [6.07, 6.45) is 4.14. The van der Waals surface area contributed by atoms with E-state index < -0.39 is 0 Å². The van der Waals surface area contributed by atoms with Crippen LogP contribution in [0.15, 0.2) is 41.2 Å². The minimum Gasteiger partial charge on any atom is -0.496 e. The van der Waals surface area contributed by atoms with E-state index in [9.17, 15) is 0 Å². The van der Waals surface area contributed by atoms with E-state index in [0.717, 1.165) is 44.0 Å². The summed E-state index contributed by atoms with van der Waals surface area (Å²) in [5.41, 5.74) is 2.12. The quantitative estimate of drug-likeness (QED) is 0.618. The lowest BCUT2D eigenvalue weighted by Crippen LogP contribution is -2.45. The molecule has 0 unspecified atom stereocenters. The van der Waals surface area contributed by atoms with Gasteiger partial charge < -0.3 is 9.26 Å². The molecule has 1 fully saturated rings. The highest BCUT2D eigenvalue weighted by atomic mass is 16.5. The van der Waals surface area contributed by atoms with Crippen molar-refractivity contribution in [2.45, 2.75) is 39.4 Å². The van der Waals surface area contributed by atoms with Gasteiger partial charge in [0.2, 0.25) is 11.7 Å². The largest absolute Gasteiger partial charge is 0.496 e. The molecule has 3 aromatic rings. The van der Waals surface area contributed by atoms with Crippen LogP contribution in [0.5, 0.6) is 5.75 Å². The molecule has 0 spiro atoms. The van der Waals surface area contributed by atoms with Gasteiger partial charge >= 0.3 is 0 Å². The van der Waals surface area contributed by atoms with E-state index in [1.165, 1.54) is 5.56 Å². The van der Waals surface area contributed by atoms with E-state index in [1.807, 2.05) is 35.1 Å². The zero-order chi connectivity index (χ0) is 21.1. The first kappa shape index (κ1) is 20.6. The molecule has 1 saturated heterocycles. The van der Waals surface area contributed by atoms with E-state index in [1.54, 1.807) is 7.11 Å². The maximum atomic E-state index is 5.50. The Morgan fingerprint density at radius 1 is 1.03 bits per heavy atom. The van der Waals surface area contributed by atoms with Gasteiger partial charge in [-0.3, -0.25) is 14.5 Å². The van der Waals surface area contributed by atoms with Crippen LogP contribution < -0.4 is 4.74 Å². The van der Waals surface area contributed by atoms with E-state index >= 15 is 0 Å². The highest BCUT2D eigenvalue weighted by molar-refractivity contribution is 5.63. The lowest BCUT2D eigenvalue weighted by atomic mass is 10.1. The summed E-state index contributed by atoms with van der Waals surface area (Å²) >= 11 is 0. The zero-order valence-electron chi connectivity index (χ0n) is 18.2. The molecule has 1 aromatic carbocycles. The number of methoxy groups -OCH3 is 1. The van der Waals surface area contributed by atoms with Crippen molar-refractivity contribution in [3.05, 3.63) is 48.1 Å². The van der Waals surface area contributed by atoms with Gasteiger partial charge in [0.1, 0.15) is 5.75 Å². The van der Waals surface area contributed by atoms with Gasteiger partial charge in [-0.15, -0.1) is 0 Å². The van der Waals surface area contributed by atoms with Crippen molar-refractivity contribution in [2.24, 2.45) is 0 Å². The summed E-state index contributed by atoms with van der Waals surface area (Å²) in [6, 6.07) is 7.71. The number of piperazine rings is 1. The fourth-order valence-electron chi connectivity index (χ4n) is 3.62. The van der Waals surface area contributed by atoms with Crippen LogP contribution in [0.3, 0.4) is 0 Å². The van der Waals surface area contributed by atoms with Gasteiger partial charge in [-0.25, -0.2) is 0 Å². The summed E-state index contributed by atoms with van der Waals surface area (Å²) in [4.78, 5) is 9.39. The third kappa shape index (κ3) is 4.71. The first-order chi connectivity index (χ1) is 14.4. The fourth-order valence-corrected chi connectivity index (χ4v) is 3.62. The highest BCUT2D eigenvalue weighted by Crippen LogP contribution is 2.27. The number of benzene rings is 1. The van der Waals surface area contributed by atoms with Crippen molar-refractivity contribution >= 4 is 0 Å². The molecule has 1 aliphatic rings. The van der Waals surface area contributed by atoms with Crippen molar-refractivity contribution in [1.29, 1.82) is 0 Å². The molecule has 2 aromatic heterocycles. The lowest BCUT2D eigenvalue weighted by Gasteiger charge is -2.33. The minimum absolute atomic E-state index is 0.0175. The van der Waals surface area contributed by atoms with Gasteiger partial charge in [0.25, 0.3) is 0 Å². The molecule has 4 rings (SSSR count). The third-order valence-corrected chi connectivity index (χ3v) is 5.37. The third-order valence-electron chi connectivity index (χ3n) is 5.37. The molecule has 160 valence electrons. The topological polar surface area (TPSA) is 72.5 Å². The van der Waals surface area contributed by atoms with Crippen molar-refractivity contribution in [3.8, 4) is 17.1 Å². The molecule has 3 heterocycles. The molecule has 0 radical (unpaired) electrons. The molecule has 8 nitrogen and oxygen atoms in total. The first-order valence-electron chi connectivity index (χ1n) is 10.4. The lowest BCUT2D eigenvalue weighted by molar-refractivity contribution is 0.112. The molecule has 0 atom stereocenters. The van der Waals surface area contributed by atoms with Crippen LogP contribution in [-0.4, -0.2) is 63.0 Å². The summed E-state index contributed by atoms with van der Waals surface area (Å²) in [5, 5.41) is 8.65. The van der Waals surface area contributed by atoms with Gasteiger partial charge in [-0.2, -0.15) is 10.1 Å². The van der Waals surface area contributed by atoms with Crippen LogP contribution in [0.1, 0.15) is 32.2 Å². The molecule has 0 N–H and O–H groups in total. The Morgan fingerprint density at radius 2 is 1.73 bits per heavy atom. The molecule has 1 aliphatic heterocycles. The van der Waals surface area contributed by atoms with E-state index in [4.69, 9.17) is 9.26 Å². The average Bonchev–Trinajstić information content (AvgIpc) is 3.39. The fraction of sp³-hybridized carbons (Fsp3) is 0.500. The molecule has 30 heavy (non-hydrogen) atoms. The minimum atomic E-state index is 0.0175. The van der Waals surface area contributed by atoms with Crippen LogP contribution in [0.2, 0.25) is 0 Å². The van der Waals surface area contributed by atoms with Crippen LogP contribution >= 0.6 is 0 Å². The Labute approximate surface area is 177 Å². The predicted molar refractivity (Wildman–Crippen MR) is 114 cm³/mol. The molecular weight excluding hydrogens is 380 g/mol. The molecule has 0 saturated carbocycles. The van der Waals surface area contributed by atoms with E-state index in [2.05, 4.69) is 52.0 Å². The second-order valence-electron chi connectivity index (χ2n) is 8.73. The van der Waals surface area contributed by atoms with Crippen LogP contribution in [0.4, 0.5) is 0 Å². The smallest absolute Gasteiger partial charge is 0.241 e. The predicted octanol–water partition coefficient (Wildman–Crippen LogP) is 3.01.